The summed E-state index contributed by atoms with van der Waals surface area (Å²) in [5.41, 5.74) is 1.10. The van der Waals surface area contributed by atoms with Gasteiger partial charge in [-0.2, -0.15) is 13.5 Å². The van der Waals surface area contributed by atoms with E-state index in [1.54, 1.807) is 18.3 Å². The zero-order valence-electron chi connectivity index (χ0n) is 10.8. The molecule has 0 aliphatic heterocycles. The molecule has 0 amide bonds. The molecule has 8 nitrogen and oxygen atoms in total. The third kappa shape index (κ3) is 2.77. The van der Waals surface area contributed by atoms with Crippen molar-refractivity contribution in [3.8, 4) is 17.0 Å². The summed E-state index contributed by atoms with van der Waals surface area (Å²) in [5.74, 6) is 0.209. The average Bonchev–Trinajstić information content (AvgIpc) is 2.83. The smallest absolute Gasteiger partial charge is 0.306 e. The normalized spacial score (nSPS) is 11.7. The summed E-state index contributed by atoms with van der Waals surface area (Å²) in [4.78, 5) is 18.2. The molecule has 2 heterocycles. The number of benzene rings is 1. The van der Waals surface area contributed by atoms with Gasteiger partial charge in [0.25, 0.3) is 5.56 Å². The first-order valence-corrected chi connectivity index (χ1v) is 7.67. The Labute approximate surface area is 119 Å². The van der Waals surface area contributed by atoms with Gasteiger partial charge in [-0.3, -0.25) is 4.79 Å². The lowest BCUT2D eigenvalue weighted by molar-refractivity contribution is 0.493. The molecule has 0 unspecified atom stereocenters. The third-order valence-electron chi connectivity index (χ3n) is 2.67. The zero-order chi connectivity index (χ0) is 15.0. The van der Waals surface area contributed by atoms with E-state index in [0.29, 0.717) is 11.3 Å². The van der Waals surface area contributed by atoms with E-state index < -0.39 is 10.1 Å². The number of hydrogen-bond acceptors (Lipinski definition) is 6. The molecular formula is C12H10N4O4S. The molecule has 2 aromatic heterocycles. The molecule has 21 heavy (non-hydrogen) atoms. The number of hydrogen-bond donors (Lipinski definition) is 1. The summed E-state index contributed by atoms with van der Waals surface area (Å²) >= 11 is 0. The Balaban J connectivity index is 1.99. The van der Waals surface area contributed by atoms with Gasteiger partial charge in [-0.15, -0.1) is 0 Å². The highest BCUT2D eigenvalue weighted by atomic mass is 32.2. The largest absolute Gasteiger partial charge is 0.383 e. The number of imidazole rings is 1. The van der Waals surface area contributed by atoms with Crippen LogP contribution in [-0.2, 0) is 10.1 Å². The molecule has 0 radical (unpaired) electrons. The van der Waals surface area contributed by atoms with Gasteiger partial charge in [0, 0.05) is 5.56 Å². The minimum atomic E-state index is -3.56. The van der Waals surface area contributed by atoms with E-state index in [9.17, 15) is 13.2 Å². The maximum Gasteiger partial charge on any atom is 0.306 e. The van der Waals surface area contributed by atoms with Crippen LogP contribution in [0.4, 0.5) is 0 Å². The highest BCUT2D eigenvalue weighted by Crippen LogP contribution is 2.21. The SMILES string of the molecule is CS(=O)(=O)Oc1ccc(-c2cn3nc[nH]c(=O)c3n2)cc1. The maximum atomic E-state index is 11.6. The minimum absolute atomic E-state index is 0.184. The van der Waals surface area contributed by atoms with Crippen molar-refractivity contribution in [2.75, 3.05) is 6.26 Å². The quantitative estimate of drug-likeness (QED) is 0.703. The molecule has 0 spiro atoms. The molecule has 0 saturated heterocycles. The molecule has 0 fully saturated rings. The summed E-state index contributed by atoms with van der Waals surface area (Å²) in [5, 5.41) is 3.95. The van der Waals surface area contributed by atoms with E-state index in [1.165, 1.54) is 23.0 Å². The van der Waals surface area contributed by atoms with E-state index in [2.05, 4.69) is 15.1 Å². The number of aromatic nitrogens is 4. The van der Waals surface area contributed by atoms with Crippen molar-refractivity contribution in [1.82, 2.24) is 19.6 Å². The number of nitrogens with zero attached hydrogens (tertiary/aromatic N) is 3. The van der Waals surface area contributed by atoms with Crippen LogP contribution in [0.3, 0.4) is 0 Å². The highest BCUT2D eigenvalue weighted by molar-refractivity contribution is 7.86. The van der Waals surface area contributed by atoms with E-state index in [4.69, 9.17) is 4.18 Å². The first-order chi connectivity index (χ1) is 9.92. The van der Waals surface area contributed by atoms with Crippen molar-refractivity contribution >= 4 is 15.8 Å². The Hall–Kier alpha value is -2.68. The summed E-state index contributed by atoms with van der Waals surface area (Å²) in [7, 11) is -3.56. The van der Waals surface area contributed by atoms with E-state index >= 15 is 0 Å². The van der Waals surface area contributed by atoms with E-state index in [1.807, 2.05) is 0 Å². The fourth-order valence-corrected chi connectivity index (χ4v) is 2.28. The fraction of sp³-hybridized carbons (Fsp3) is 0.0833. The van der Waals surface area contributed by atoms with Crippen LogP contribution >= 0.6 is 0 Å². The fourth-order valence-electron chi connectivity index (χ4n) is 1.82. The van der Waals surface area contributed by atoms with Gasteiger partial charge in [-0.05, 0) is 24.3 Å². The molecule has 1 N–H and O–H groups in total. The Morgan fingerprint density at radius 3 is 2.57 bits per heavy atom. The lowest BCUT2D eigenvalue weighted by atomic mass is 10.2. The molecule has 0 saturated carbocycles. The molecular weight excluding hydrogens is 296 g/mol. The number of fused-ring (bicyclic) bond motifs is 1. The first-order valence-electron chi connectivity index (χ1n) is 5.85. The maximum absolute atomic E-state index is 11.6. The standard InChI is InChI=1S/C12H10N4O4S/c1-21(18,19)20-9-4-2-8(3-5-9)10-6-16-11(15-10)12(17)13-7-14-16/h2-7H,1H3,(H,13,14,17). The van der Waals surface area contributed by atoms with Crippen molar-refractivity contribution < 1.29 is 12.6 Å². The Bertz CT molecular complexity index is 957. The first kappa shape index (κ1) is 13.3. The van der Waals surface area contributed by atoms with Gasteiger partial charge in [-0.25, -0.2) is 9.50 Å². The predicted octanol–water partition coefficient (Wildman–Crippen LogP) is 0.423. The van der Waals surface area contributed by atoms with E-state index in [0.717, 1.165) is 6.26 Å². The van der Waals surface area contributed by atoms with Gasteiger partial charge in [0.1, 0.15) is 12.1 Å². The molecule has 1 aromatic carbocycles. The van der Waals surface area contributed by atoms with Crippen LogP contribution in [0.15, 0.2) is 41.6 Å². The molecule has 108 valence electrons. The third-order valence-corrected chi connectivity index (χ3v) is 3.16. The number of nitrogens with one attached hydrogen (secondary N) is 1. The van der Waals surface area contributed by atoms with Gasteiger partial charge < -0.3 is 9.17 Å². The zero-order valence-corrected chi connectivity index (χ0v) is 11.7. The van der Waals surface area contributed by atoms with Crippen LogP contribution in [0, 0.1) is 0 Å². The number of aromatic amines is 1. The Morgan fingerprint density at radius 2 is 1.95 bits per heavy atom. The topological polar surface area (TPSA) is 106 Å². The lowest BCUT2D eigenvalue weighted by Crippen LogP contribution is -2.10. The summed E-state index contributed by atoms with van der Waals surface area (Å²) in [6.07, 6.45) is 3.86. The van der Waals surface area contributed by atoms with Crippen molar-refractivity contribution in [1.29, 1.82) is 0 Å². The van der Waals surface area contributed by atoms with Crippen molar-refractivity contribution in [2.24, 2.45) is 0 Å². The van der Waals surface area contributed by atoms with Crippen molar-refractivity contribution in [3.05, 3.63) is 47.1 Å². The van der Waals surface area contributed by atoms with Crippen LogP contribution in [0.1, 0.15) is 0 Å². The van der Waals surface area contributed by atoms with Crippen LogP contribution in [0.2, 0.25) is 0 Å². The van der Waals surface area contributed by atoms with Crippen LogP contribution in [0.25, 0.3) is 16.9 Å². The second-order valence-electron chi connectivity index (χ2n) is 4.32. The molecule has 3 aromatic rings. The minimum Gasteiger partial charge on any atom is -0.383 e. The Morgan fingerprint density at radius 1 is 1.24 bits per heavy atom. The van der Waals surface area contributed by atoms with Crippen LogP contribution in [-0.4, -0.2) is 34.3 Å². The molecule has 9 heteroatoms. The van der Waals surface area contributed by atoms with Gasteiger partial charge in [0.2, 0.25) is 5.65 Å². The van der Waals surface area contributed by atoms with Crippen molar-refractivity contribution in [3.63, 3.8) is 0 Å². The summed E-state index contributed by atoms with van der Waals surface area (Å²) < 4.78 is 28.2. The molecule has 0 aliphatic carbocycles. The molecule has 0 bridgehead atoms. The van der Waals surface area contributed by atoms with Crippen LogP contribution < -0.4 is 9.74 Å². The van der Waals surface area contributed by atoms with Gasteiger partial charge >= 0.3 is 10.1 Å². The highest BCUT2D eigenvalue weighted by Gasteiger charge is 2.09. The molecule has 0 aliphatic rings. The van der Waals surface area contributed by atoms with Gasteiger partial charge in [0.15, 0.2) is 0 Å². The molecule has 0 atom stereocenters. The number of H-pyrrole nitrogens is 1. The van der Waals surface area contributed by atoms with E-state index in [-0.39, 0.29) is 17.0 Å². The lowest BCUT2D eigenvalue weighted by Gasteiger charge is -2.02. The average molecular weight is 306 g/mol. The monoisotopic (exact) mass is 306 g/mol. The summed E-state index contributed by atoms with van der Waals surface area (Å²) in [6, 6.07) is 6.32. The molecule has 3 rings (SSSR count). The second kappa shape index (κ2) is 4.70. The van der Waals surface area contributed by atoms with Crippen molar-refractivity contribution in [2.45, 2.75) is 0 Å². The van der Waals surface area contributed by atoms with Crippen LogP contribution in [0.5, 0.6) is 5.75 Å². The number of rotatable bonds is 3. The Kier molecular flexibility index (Phi) is 2.98. The second-order valence-corrected chi connectivity index (χ2v) is 5.90. The van der Waals surface area contributed by atoms with Gasteiger partial charge in [-0.1, -0.05) is 0 Å². The van der Waals surface area contributed by atoms with Gasteiger partial charge in [0.05, 0.1) is 18.1 Å². The predicted molar refractivity (Wildman–Crippen MR) is 74.5 cm³/mol. The summed E-state index contributed by atoms with van der Waals surface area (Å²) in [6.45, 7) is 0.